The molecule has 0 amide bonds. The third-order valence-corrected chi connectivity index (χ3v) is 2.75. The summed E-state index contributed by atoms with van der Waals surface area (Å²) in [5, 5.41) is 0. The van der Waals surface area contributed by atoms with Gasteiger partial charge >= 0.3 is 0 Å². The van der Waals surface area contributed by atoms with E-state index in [4.69, 9.17) is 10.5 Å². The average molecular weight is 236 g/mol. The van der Waals surface area contributed by atoms with E-state index >= 15 is 0 Å². The number of nitrogens with zero attached hydrogens (tertiary/aromatic N) is 3. The Morgan fingerprint density at radius 2 is 2.24 bits per heavy atom. The highest BCUT2D eigenvalue weighted by molar-refractivity contribution is 5.98. The van der Waals surface area contributed by atoms with E-state index in [1.54, 1.807) is 13.1 Å². The predicted molar refractivity (Wildman–Crippen MR) is 63.2 cm³/mol. The second-order valence-electron chi connectivity index (χ2n) is 3.90. The largest absolute Gasteiger partial charge is 0.378 e. The lowest BCUT2D eigenvalue weighted by atomic mass is 10.1. The Balaban J connectivity index is 2.20. The lowest BCUT2D eigenvalue weighted by Gasteiger charge is -2.26. The first-order valence-corrected chi connectivity index (χ1v) is 5.62. The zero-order valence-corrected chi connectivity index (χ0v) is 9.85. The van der Waals surface area contributed by atoms with Gasteiger partial charge in [-0.1, -0.05) is 0 Å². The Labute approximate surface area is 99.8 Å². The first-order chi connectivity index (χ1) is 8.22. The van der Waals surface area contributed by atoms with Gasteiger partial charge in [-0.3, -0.25) is 4.79 Å². The standard InChI is InChI=1S/C11H16N4O2/c1-8-9(10(16)6-12)7-13-11(14-8)15-2-4-17-5-3-15/h7H,2-6,12H2,1H3. The monoisotopic (exact) mass is 236 g/mol. The molecule has 0 unspecified atom stereocenters. The summed E-state index contributed by atoms with van der Waals surface area (Å²) >= 11 is 0. The highest BCUT2D eigenvalue weighted by atomic mass is 16.5. The van der Waals surface area contributed by atoms with Gasteiger partial charge in [0.15, 0.2) is 5.78 Å². The molecule has 1 saturated heterocycles. The number of aryl methyl sites for hydroxylation is 1. The number of morpholine rings is 1. The molecule has 0 spiro atoms. The van der Waals surface area contributed by atoms with Gasteiger partial charge in [-0.25, -0.2) is 9.97 Å². The molecule has 1 aliphatic heterocycles. The number of Topliss-reactive ketones (excluding diaryl/α,β-unsaturated/α-hetero) is 1. The minimum absolute atomic E-state index is 0.0128. The van der Waals surface area contributed by atoms with Crippen LogP contribution in [-0.4, -0.2) is 48.6 Å². The van der Waals surface area contributed by atoms with Crippen molar-refractivity contribution >= 4 is 11.7 Å². The third-order valence-electron chi connectivity index (χ3n) is 2.75. The summed E-state index contributed by atoms with van der Waals surface area (Å²) in [7, 11) is 0. The number of ether oxygens (including phenoxy) is 1. The first-order valence-electron chi connectivity index (χ1n) is 5.62. The number of hydrogen-bond acceptors (Lipinski definition) is 6. The maximum atomic E-state index is 11.5. The second kappa shape index (κ2) is 5.20. The molecule has 0 aromatic carbocycles. The summed E-state index contributed by atoms with van der Waals surface area (Å²) in [5.41, 5.74) is 6.50. The Kier molecular flexibility index (Phi) is 3.65. The topological polar surface area (TPSA) is 81.3 Å². The number of aromatic nitrogens is 2. The summed E-state index contributed by atoms with van der Waals surface area (Å²) in [5.74, 6) is 0.524. The lowest BCUT2D eigenvalue weighted by Crippen LogP contribution is -2.37. The molecule has 0 saturated carbocycles. The fraction of sp³-hybridized carbons (Fsp3) is 0.545. The summed E-state index contributed by atoms with van der Waals surface area (Å²) in [6, 6.07) is 0. The molecule has 2 heterocycles. The van der Waals surface area contributed by atoms with Crippen LogP contribution in [0.15, 0.2) is 6.20 Å². The second-order valence-corrected chi connectivity index (χ2v) is 3.90. The van der Waals surface area contributed by atoms with Gasteiger partial charge in [-0.2, -0.15) is 0 Å². The maximum Gasteiger partial charge on any atom is 0.225 e. The molecular formula is C11H16N4O2. The fourth-order valence-electron chi connectivity index (χ4n) is 1.75. The Hall–Kier alpha value is -1.53. The number of rotatable bonds is 3. The molecule has 0 aliphatic carbocycles. The van der Waals surface area contributed by atoms with Crippen LogP contribution >= 0.6 is 0 Å². The van der Waals surface area contributed by atoms with E-state index in [-0.39, 0.29) is 12.3 Å². The molecule has 1 aromatic rings. The highest BCUT2D eigenvalue weighted by Crippen LogP contribution is 2.12. The van der Waals surface area contributed by atoms with Crippen molar-refractivity contribution in [2.24, 2.45) is 5.73 Å². The minimum atomic E-state index is -0.129. The molecule has 0 atom stereocenters. The van der Waals surface area contributed by atoms with E-state index in [2.05, 4.69) is 9.97 Å². The van der Waals surface area contributed by atoms with E-state index in [0.717, 1.165) is 13.1 Å². The molecule has 6 heteroatoms. The molecule has 2 N–H and O–H groups in total. The van der Waals surface area contributed by atoms with Gasteiger partial charge in [0.05, 0.1) is 31.0 Å². The number of hydrogen-bond donors (Lipinski definition) is 1. The van der Waals surface area contributed by atoms with Crippen molar-refractivity contribution in [2.75, 3.05) is 37.7 Å². The van der Waals surface area contributed by atoms with Gasteiger partial charge in [0.25, 0.3) is 0 Å². The van der Waals surface area contributed by atoms with Gasteiger partial charge in [0, 0.05) is 19.3 Å². The Bertz CT molecular complexity index is 416. The average Bonchev–Trinajstić information content (AvgIpc) is 2.39. The zero-order chi connectivity index (χ0) is 12.3. The van der Waals surface area contributed by atoms with Crippen LogP contribution in [0.5, 0.6) is 0 Å². The van der Waals surface area contributed by atoms with Crippen molar-refractivity contribution < 1.29 is 9.53 Å². The summed E-state index contributed by atoms with van der Waals surface area (Å²) in [6.45, 7) is 4.72. The quantitative estimate of drug-likeness (QED) is 0.730. The molecule has 1 fully saturated rings. The molecule has 2 rings (SSSR count). The Morgan fingerprint density at radius 1 is 1.53 bits per heavy atom. The van der Waals surface area contributed by atoms with Crippen molar-refractivity contribution in [3.63, 3.8) is 0 Å². The van der Waals surface area contributed by atoms with Gasteiger partial charge in [-0.05, 0) is 6.92 Å². The smallest absolute Gasteiger partial charge is 0.225 e. The van der Waals surface area contributed by atoms with Crippen molar-refractivity contribution in [3.8, 4) is 0 Å². The fourth-order valence-corrected chi connectivity index (χ4v) is 1.75. The summed E-state index contributed by atoms with van der Waals surface area (Å²) in [4.78, 5) is 22.1. The molecule has 1 aromatic heterocycles. The van der Waals surface area contributed by atoms with E-state index in [1.165, 1.54) is 0 Å². The predicted octanol–water partition coefficient (Wildman–Crippen LogP) is -0.237. The Morgan fingerprint density at radius 3 is 2.82 bits per heavy atom. The number of carbonyl (C=O) groups excluding carboxylic acids is 1. The van der Waals surface area contributed by atoms with Gasteiger partial charge in [0.2, 0.25) is 5.95 Å². The lowest BCUT2D eigenvalue weighted by molar-refractivity contribution is 0.1000. The molecule has 92 valence electrons. The van der Waals surface area contributed by atoms with Crippen LogP contribution < -0.4 is 10.6 Å². The minimum Gasteiger partial charge on any atom is -0.378 e. The highest BCUT2D eigenvalue weighted by Gasteiger charge is 2.16. The first kappa shape index (κ1) is 11.9. The number of anilines is 1. The van der Waals surface area contributed by atoms with E-state index in [9.17, 15) is 4.79 Å². The normalized spacial score (nSPS) is 16.0. The van der Waals surface area contributed by atoms with Crippen molar-refractivity contribution in [3.05, 3.63) is 17.5 Å². The molecular weight excluding hydrogens is 220 g/mol. The van der Waals surface area contributed by atoms with Crippen LogP contribution in [0.4, 0.5) is 5.95 Å². The molecule has 0 radical (unpaired) electrons. The van der Waals surface area contributed by atoms with Gasteiger partial charge < -0.3 is 15.4 Å². The van der Waals surface area contributed by atoms with Crippen LogP contribution in [0.3, 0.4) is 0 Å². The number of carbonyl (C=O) groups is 1. The maximum absolute atomic E-state index is 11.5. The van der Waals surface area contributed by atoms with Crippen molar-refractivity contribution in [1.29, 1.82) is 0 Å². The molecule has 6 nitrogen and oxygen atoms in total. The third kappa shape index (κ3) is 2.59. The number of ketones is 1. The molecule has 17 heavy (non-hydrogen) atoms. The van der Waals surface area contributed by atoms with E-state index in [1.807, 2.05) is 4.90 Å². The van der Waals surface area contributed by atoms with Crippen molar-refractivity contribution in [2.45, 2.75) is 6.92 Å². The number of nitrogens with two attached hydrogens (primary N) is 1. The van der Waals surface area contributed by atoms with Crippen LogP contribution in [-0.2, 0) is 4.74 Å². The summed E-state index contributed by atoms with van der Waals surface area (Å²) in [6.07, 6.45) is 1.56. The van der Waals surface area contributed by atoms with Crippen LogP contribution in [0.2, 0.25) is 0 Å². The van der Waals surface area contributed by atoms with Gasteiger partial charge in [0.1, 0.15) is 0 Å². The zero-order valence-electron chi connectivity index (χ0n) is 9.85. The van der Waals surface area contributed by atoms with Crippen LogP contribution in [0.25, 0.3) is 0 Å². The molecule has 0 bridgehead atoms. The molecule has 1 aliphatic rings. The van der Waals surface area contributed by atoms with Crippen molar-refractivity contribution in [1.82, 2.24) is 9.97 Å². The SMILES string of the molecule is Cc1nc(N2CCOCC2)ncc1C(=O)CN. The summed E-state index contributed by atoms with van der Waals surface area (Å²) < 4.78 is 5.26. The van der Waals surface area contributed by atoms with Crippen LogP contribution in [0, 0.1) is 6.92 Å². The van der Waals surface area contributed by atoms with E-state index < -0.39 is 0 Å². The van der Waals surface area contributed by atoms with Gasteiger partial charge in [-0.15, -0.1) is 0 Å². The van der Waals surface area contributed by atoms with E-state index in [0.29, 0.717) is 30.4 Å². The van der Waals surface area contributed by atoms with Crippen LogP contribution in [0.1, 0.15) is 16.1 Å².